The molecule has 0 amide bonds. The molecule has 0 radical (unpaired) electrons. The maximum absolute atomic E-state index is 8.97. The summed E-state index contributed by atoms with van der Waals surface area (Å²) in [6.07, 6.45) is 3.92. The summed E-state index contributed by atoms with van der Waals surface area (Å²) in [5, 5.41) is 12.7. The maximum atomic E-state index is 8.97. The quantitative estimate of drug-likeness (QED) is 0.886. The van der Waals surface area contributed by atoms with Crippen LogP contribution in [0.1, 0.15) is 57.2 Å². The molecule has 1 saturated carbocycles. The highest BCUT2D eigenvalue weighted by Gasteiger charge is 2.26. The predicted molar refractivity (Wildman–Crippen MR) is 78.7 cm³/mol. The van der Waals surface area contributed by atoms with Gasteiger partial charge in [0, 0.05) is 12.1 Å². The van der Waals surface area contributed by atoms with Gasteiger partial charge in [0.2, 0.25) is 0 Å². The van der Waals surface area contributed by atoms with Crippen LogP contribution in [0.3, 0.4) is 0 Å². The standard InChI is InChI=1S/C17H24N2/c1-12-7-8-17(13(2)9-12)19-14(3)16-6-4-5-15(10-16)11-18/h4-6,10,12-14,17,19H,7-9H2,1-3H3. The highest BCUT2D eigenvalue weighted by molar-refractivity contribution is 5.34. The second kappa shape index (κ2) is 6.21. The molecule has 0 spiro atoms. The molecule has 0 heterocycles. The van der Waals surface area contributed by atoms with Crippen LogP contribution >= 0.6 is 0 Å². The number of hydrogen-bond acceptors (Lipinski definition) is 2. The van der Waals surface area contributed by atoms with Crippen LogP contribution in [-0.4, -0.2) is 6.04 Å². The topological polar surface area (TPSA) is 35.8 Å². The predicted octanol–water partition coefficient (Wildman–Crippen LogP) is 4.03. The Morgan fingerprint density at radius 3 is 2.79 bits per heavy atom. The van der Waals surface area contributed by atoms with Crippen LogP contribution in [-0.2, 0) is 0 Å². The van der Waals surface area contributed by atoms with E-state index in [9.17, 15) is 0 Å². The third-order valence-electron chi connectivity index (χ3n) is 4.41. The molecular weight excluding hydrogens is 232 g/mol. The fraction of sp³-hybridized carbons (Fsp3) is 0.588. The number of nitrogens with zero attached hydrogens (tertiary/aromatic N) is 1. The summed E-state index contributed by atoms with van der Waals surface area (Å²) in [6.45, 7) is 6.90. The highest BCUT2D eigenvalue weighted by atomic mass is 15.0. The van der Waals surface area contributed by atoms with Crippen LogP contribution in [0, 0.1) is 23.2 Å². The van der Waals surface area contributed by atoms with E-state index in [2.05, 4.69) is 38.2 Å². The van der Waals surface area contributed by atoms with Crippen LogP contribution in [0.15, 0.2) is 24.3 Å². The molecule has 1 aliphatic carbocycles. The summed E-state index contributed by atoms with van der Waals surface area (Å²) in [5.74, 6) is 1.61. The van der Waals surface area contributed by atoms with E-state index < -0.39 is 0 Å². The fourth-order valence-corrected chi connectivity index (χ4v) is 3.21. The van der Waals surface area contributed by atoms with Crippen molar-refractivity contribution in [2.24, 2.45) is 11.8 Å². The van der Waals surface area contributed by atoms with E-state index in [0.29, 0.717) is 12.1 Å². The van der Waals surface area contributed by atoms with Gasteiger partial charge in [-0.3, -0.25) is 0 Å². The molecule has 0 saturated heterocycles. The van der Waals surface area contributed by atoms with Gasteiger partial charge in [-0.1, -0.05) is 26.0 Å². The first-order valence-corrected chi connectivity index (χ1v) is 7.36. The largest absolute Gasteiger partial charge is 0.307 e. The van der Waals surface area contributed by atoms with E-state index in [1.54, 1.807) is 0 Å². The van der Waals surface area contributed by atoms with Gasteiger partial charge in [0.15, 0.2) is 0 Å². The van der Waals surface area contributed by atoms with Gasteiger partial charge in [-0.25, -0.2) is 0 Å². The fourth-order valence-electron chi connectivity index (χ4n) is 3.21. The van der Waals surface area contributed by atoms with E-state index in [4.69, 9.17) is 5.26 Å². The Bertz CT molecular complexity index is 461. The number of benzene rings is 1. The minimum Gasteiger partial charge on any atom is -0.307 e. The first-order valence-electron chi connectivity index (χ1n) is 7.36. The molecule has 2 heteroatoms. The van der Waals surface area contributed by atoms with Crippen LogP contribution in [0.5, 0.6) is 0 Å². The van der Waals surface area contributed by atoms with E-state index in [1.165, 1.54) is 24.8 Å². The molecule has 4 atom stereocenters. The van der Waals surface area contributed by atoms with Crippen molar-refractivity contribution in [2.45, 2.75) is 52.1 Å². The van der Waals surface area contributed by atoms with Gasteiger partial charge >= 0.3 is 0 Å². The molecular formula is C17H24N2. The van der Waals surface area contributed by atoms with Gasteiger partial charge < -0.3 is 5.32 Å². The molecule has 2 nitrogen and oxygen atoms in total. The molecule has 1 aliphatic rings. The summed E-state index contributed by atoms with van der Waals surface area (Å²) < 4.78 is 0. The molecule has 0 aliphatic heterocycles. The average molecular weight is 256 g/mol. The molecule has 1 aromatic carbocycles. The van der Waals surface area contributed by atoms with E-state index in [0.717, 1.165) is 17.4 Å². The Labute approximate surface area is 116 Å². The molecule has 4 unspecified atom stereocenters. The minimum absolute atomic E-state index is 0.314. The van der Waals surface area contributed by atoms with Gasteiger partial charge in [0.25, 0.3) is 0 Å². The second-order valence-electron chi connectivity index (χ2n) is 6.13. The molecule has 19 heavy (non-hydrogen) atoms. The van der Waals surface area contributed by atoms with Crippen molar-refractivity contribution in [1.29, 1.82) is 5.26 Å². The normalized spacial score (nSPS) is 28.6. The van der Waals surface area contributed by atoms with Crippen molar-refractivity contribution < 1.29 is 0 Å². The first-order chi connectivity index (χ1) is 9.10. The van der Waals surface area contributed by atoms with Crippen LogP contribution < -0.4 is 5.32 Å². The van der Waals surface area contributed by atoms with E-state index in [-0.39, 0.29) is 0 Å². The van der Waals surface area contributed by atoms with Gasteiger partial charge in [-0.2, -0.15) is 5.26 Å². The number of hydrogen-bond donors (Lipinski definition) is 1. The summed E-state index contributed by atoms with van der Waals surface area (Å²) in [4.78, 5) is 0. The van der Waals surface area contributed by atoms with Crippen LogP contribution in [0.2, 0.25) is 0 Å². The molecule has 2 rings (SSSR count). The average Bonchev–Trinajstić information content (AvgIpc) is 2.42. The zero-order chi connectivity index (χ0) is 13.8. The lowest BCUT2D eigenvalue weighted by atomic mass is 9.79. The maximum Gasteiger partial charge on any atom is 0.0991 e. The Morgan fingerprint density at radius 2 is 2.11 bits per heavy atom. The summed E-state index contributed by atoms with van der Waals surface area (Å²) in [6, 6.07) is 11.1. The molecule has 1 fully saturated rings. The van der Waals surface area contributed by atoms with Crippen molar-refractivity contribution in [3.8, 4) is 6.07 Å². The molecule has 0 aromatic heterocycles. The highest BCUT2D eigenvalue weighted by Crippen LogP contribution is 2.30. The van der Waals surface area contributed by atoms with Gasteiger partial charge in [-0.15, -0.1) is 0 Å². The van der Waals surface area contributed by atoms with Crippen LogP contribution in [0.4, 0.5) is 0 Å². The Morgan fingerprint density at radius 1 is 1.32 bits per heavy atom. The Balaban J connectivity index is 2.00. The van der Waals surface area contributed by atoms with Crippen molar-refractivity contribution >= 4 is 0 Å². The number of rotatable bonds is 3. The molecule has 102 valence electrons. The lowest BCUT2D eigenvalue weighted by molar-refractivity contribution is 0.216. The van der Waals surface area contributed by atoms with Gasteiger partial charge in [-0.05, 0) is 55.7 Å². The Hall–Kier alpha value is -1.33. The number of nitrogens with one attached hydrogen (secondary N) is 1. The summed E-state index contributed by atoms with van der Waals surface area (Å²) >= 11 is 0. The monoisotopic (exact) mass is 256 g/mol. The van der Waals surface area contributed by atoms with Crippen LogP contribution in [0.25, 0.3) is 0 Å². The SMILES string of the molecule is CC1CCC(NC(C)c2cccc(C#N)c2)C(C)C1. The Kier molecular flexibility index (Phi) is 4.61. The molecule has 1 N–H and O–H groups in total. The zero-order valence-electron chi connectivity index (χ0n) is 12.2. The summed E-state index contributed by atoms with van der Waals surface area (Å²) in [5.41, 5.74) is 1.96. The van der Waals surface area contributed by atoms with Gasteiger partial charge in [0.1, 0.15) is 0 Å². The van der Waals surface area contributed by atoms with Crippen molar-refractivity contribution in [1.82, 2.24) is 5.32 Å². The second-order valence-corrected chi connectivity index (χ2v) is 6.13. The summed E-state index contributed by atoms with van der Waals surface area (Å²) in [7, 11) is 0. The molecule has 0 bridgehead atoms. The van der Waals surface area contributed by atoms with Crippen molar-refractivity contribution in [3.05, 3.63) is 35.4 Å². The smallest absolute Gasteiger partial charge is 0.0991 e. The number of nitriles is 1. The minimum atomic E-state index is 0.314. The third kappa shape index (κ3) is 3.58. The van der Waals surface area contributed by atoms with E-state index in [1.807, 2.05) is 18.2 Å². The first kappa shape index (κ1) is 14.1. The van der Waals surface area contributed by atoms with Crippen molar-refractivity contribution in [2.75, 3.05) is 0 Å². The van der Waals surface area contributed by atoms with Crippen molar-refractivity contribution in [3.63, 3.8) is 0 Å². The third-order valence-corrected chi connectivity index (χ3v) is 4.41. The zero-order valence-corrected chi connectivity index (χ0v) is 12.2. The molecule has 1 aromatic rings. The lowest BCUT2D eigenvalue weighted by Gasteiger charge is -2.35. The lowest BCUT2D eigenvalue weighted by Crippen LogP contribution is -2.40. The van der Waals surface area contributed by atoms with Gasteiger partial charge in [0.05, 0.1) is 11.6 Å². The van der Waals surface area contributed by atoms with E-state index >= 15 is 0 Å².